The van der Waals surface area contributed by atoms with E-state index in [1.54, 1.807) is 13.2 Å². The Hall–Kier alpha value is -3.27. The highest BCUT2D eigenvalue weighted by atomic mass is 16.5. The number of carbonyl (C=O) groups excluding carboxylic acids is 1. The predicted octanol–water partition coefficient (Wildman–Crippen LogP) is 5.95. The molecule has 1 N–H and O–H groups in total. The van der Waals surface area contributed by atoms with E-state index in [9.17, 15) is 9.90 Å². The summed E-state index contributed by atoms with van der Waals surface area (Å²) >= 11 is 0. The van der Waals surface area contributed by atoms with Gasteiger partial charge in [0.15, 0.2) is 17.1 Å². The molecule has 3 aromatic carbocycles. The Morgan fingerprint density at radius 3 is 2.56 bits per heavy atom. The lowest BCUT2D eigenvalue weighted by molar-refractivity contribution is 0.0979. The Bertz CT molecular complexity index is 1140. The van der Waals surface area contributed by atoms with Gasteiger partial charge in [-0.1, -0.05) is 43.3 Å². The second-order valence-electron chi connectivity index (χ2n) is 6.50. The molecule has 4 nitrogen and oxygen atoms in total. The summed E-state index contributed by atoms with van der Waals surface area (Å²) in [5, 5.41) is 12.4. The number of benzene rings is 3. The SMILES string of the molecule is CCCC(=O)c1cc(-c2ccccc2)c2c(oc3cccc(OC)c32)c1O. The quantitative estimate of drug-likeness (QED) is 0.447. The lowest BCUT2D eigenvalue weighted by Gasteiger charge is -2.10. The third-order valence-corrected chi connectivity index (χ3v) is 4.79. The van der Waals surface area contributed by atoms with Crippen molar-refractivity contribution in [1.29, 1.82) is 0 Å². The lowest BCUT2D eigenvalue weighted by Crippen LogP contribution is -2.00. The summed E-state index contributed by atoms with van der Waals surface area (Å²) in [6.07, 6.45) is 1.09. The van der Waals surface area contributed by atoms with Gasteiger partial charge >= 0.3 is 0 Å². The van der Waals surface area contributed by atoms with E-state index in [1.165, 1.54) is 0 Å². The number of furan rings is 1. The van der Waals surface area contributed by atoms with E-state index < -0.39 is 0 Å². The van der Waals surface area contributed by atoms with Crippen molar-refractivity contribution in [2.24, 2.45) is 0 Å². The number of hydrogen-bond acceptors (Lipinski definition) is 4. The van der Waals surface area contributed by atoms with Crippen LogP contribution in [0.1, 0.15) is 30.1 Å². The summed E-state index contributed by atoms with van der Waals surface area (Å²) in [5.41, 5.74) is 3.00. The average molecular weight is 360 g/mol. The first-order valence-electron chi connectivity index (χ1n) is 8.99. The van der Waals surface area contributed by atoms with Gasteiger partial charge in [-0.25, -0.2) is 0 Å². The molecule has 0 aliphatic rings. The third kappa shape index (κ3) is 2.74. The zero-order valence-electron chi connectivity index (χ0n) is 15.3. The zero-order chi connectivity index (χ0) is 19.0. The number of fused-ring (bicyclic) bond motifs is 3. The Morgan fingerprint density at radius 2 is 1.85 bits per heavy atom. The van der Waals surface area contributed by atoms with Gasteiger partial charge < -0.3 is 14.3 Å². The van der Waals surface area contributed by atoms with Gasteiger partial charge in [0.25, 0.3) is 0 Å². The van der Waals surface area contributed by atoms with Crippen molar-refractivity contribution in [2.45, 2.75) is 19.8 Å². The second-order valence-corrected chi connectivity index (χ2v) is 6.50. The summed E-state index contributed by atoms with van der Waals surface area (Å²) in [5.74, 6) is 0.457. The van der Waals surface area contributed by atoms with Crippen molar-refractivity contribution < 1.29 is 19.1 Å². The number of Topliss-reactive ketones (excluding diaryl/α,β-unsaturated/α-hetero) is 1. The summed E-state index contributed by atoms with van der Waals surface area (Å²) < 4.78 is 11.5. The highest BCUT2D eigenvalue weighted by Gasteiger charge is 2.24. The highest BCUT2D eigenvalue weighted by Crippen LogP contribution is 2.45. The molecule has 0 saturated heterocycles. The van der Waals surface area contributed by atoms with Gasteiger partial charge in [-0.2, -0.15) is 0 Å². The van der Waals surface area contributed by atoms with Crippen LogP contribution in [0.25, 0.3) is 33.1 Å². The van der Waals surface area contributed by atoms with Gasteiger partial charge in [0, 0.05) is 11.8 Å². The van der Waals surface area contributed by atoms with E-state index in [2.05, 4.69) is 0 Å². The van der Waals surface area contributed by atoms with E-state index in [0.717, 1.165) is 21.9 Å². The molecule has 0 amide bonds. The number of methoxy groups -OCH3 is 1. The minimum atomic E-state index is -0.110. The first kappa shape index (κ1) is 17.2. The predicted molar refractivity (Wildman–Crippen MR) is 107 cm³/mol. The lowest BCUT2D eigenvalue weighted by atomic mass is 9.94. The molecule has 0 radical (unpaired) electrons. The molecule has 4 aromatic rings. The van der Waals surface area contributed by atoms with E-state index in [0.29, 0.717) is 35.3 Å². The summed E-state index contributed by atoms with van der Waals surface area (Å²) in [4.78, 5) is 12.6. The van der Waals surface area contributed by atoms with Crippen LogP contribution in [0.15, 0.2) is 59.0 Å². The van der Waals surface area contributed by atoms with Gasteiger partial charge in [0.1, 0.15) is 11.3 Å². The van der Waals surface area contributed by atoms with Crippen LogP contribution in [-0.2, 0) is 0 Å². The number of ether oxygens (including phenoxy) is 1. The van der Waals surface area contributed by atoms with Crippen LogP contribution in [-0.4, -0.2) is 18.0 Å². The number of carbonyl (C=O) groups is 1. The Balaban J connectivity index is 2.17. The topological polar surface area (TPSA) is 59.7 Å². The van der Waals surface area contributed by atoms with Crippen molar-refractivity contribution in [2.75, 3.05) is 7.11 Å². The van der Waals surface area contributed by atoms with E-state index >= 15 is 0 Å². The molecule has 1 heterocycles. The van der Waals surface area contributed by atoms with Crippen LogP contribution in [0, 0.1) is 0 Å². The number of aromatic hydroxyl groups is 1. The minimum Gasteiger partial charge on any atom is -0.504 e. The summed E-state index contributed by atoms with van der Waals surface area (Å²) in [6.45, 7) is 1.94. The van der Waals surface area contributed by atoms with Crippen LogP contribution < -0.4 is 4.74 Å². The molecular formula is C23H20O4. The van der Waals surface area contributed by atoms with Crippen molar-refractivity contribution in [3.8, 4) is 22.6 Å². The fraction of sp³-hybridized carbons (Fsp3) is 0.174. The Kier molecular flexibility index (Phi) is 4.32. The molecular weight excluding hydrogens is 340 g/mol. The fourth-order valence-corrected chi connectivity index (χ4v) is 3.54. The molecule has 0 spiro atoms. The molecule has 4 rings (SSSR count). The fourth-order valence-electron chi connectivity index (χ4n) is 3.54. The van der Waals surface area contributed by atoms with E-state index in [1.807, 2.05) is 55.5 Å². The third-order valence-electron chi connectivity index (χ3n) is 4.79. The molecule has 27 heavy (non-hydrogen) atoms. The number of ketones is 1. The number of phenols is 1. The first-order valence-corrected chi connectivity index (χ1v) is 8.99. The maximum absolute atomic E-state index is 12.6. The molecule has 0 unspecified atom stereocenters. The number of rotatable bonds is 5. The maximum atomic E-state index is 12.6. The van der Waals surface area contributed by atoms with Crippen LogP contribution in [0.2, 0.25) is 0 Å². The molecule has 0 bridgehead atoms. The molecule has 0 saturated carbocycles. The number of phenolic OH excluding ortho intramolecular Hbond substituents is 1. The molecule has 0 atom stereocenters. The largest absolute Gasteiger partial charge is 0.504 e. The van der Waals surface area contributed by atoms with Crippen LogP contribution >= 0.6 is 0 Å². The van der Waals surface area contributed by atoms with Gasteiger partial charge in [0.2, 0.25) is 0 Å². The van der Waals surface area contributed by atoms with Crippen molar-refractivity contribution in [3.05, 3.63) is 60.2 Å². The average Bonchev–Trinajstić information content (AvgIpc) is 3.09. The van der Waals surface area contributed by atoms with Crippen LogP contribution in [0.4, 0.5) is 0 Å². The van der Waals surface area contributed by atoms with E-state index in [4.69, 9.17) is 9.15 Å². The Labute approximate surface area is 157 Å². The molecule has 1 aromatic heterocycles. The maximum Gasteiger partial charge on any atom is 0.178 e. The number of hydrogen-bond donors (Lipinski definition) is 1. The highest BCUT2D eigenvalue weighted by molar-refractivity contribution is 6.19. The van der Waals surface area contributed by atoms with Gasteiger partial charge in [-0.05, 0) is 35.7 Å². The molecule has 0 fully saturated rings. The summed E-state index contributed by atoms with van der Waals surface area (Å²) in [7, 11) is 1.61. The van der Waals surface area contributed by atoms with Crippen molar-refractivity contribution >= 4 is 27.7 Å². The van der Waals surface area contributed by atoms with Crippen LogP contribution in [0.3, 0.4) is 0 Å². The Morgan fingerprint density at radius 1 is 1.07 bits per heavy atom. The standard InChI is InChI=1S/C23H20O4/c1-3-8-17(24)16-13-15(14-9-5-4-6-10-14)20-21-18(26-2)11-7-12-19(21)27-23(20)22(16)25/h4-7,9-13,25H,3,8H2,1-2H3. The minimum absolute atomic E-state index is 0.0958. The van der Waals surface area contributed by atoms with Gasteiger partial charge in [-0.15, -0.1) is 0 Å². The zero-order valence-corrected chi connectivity index (χ0v) is 15.3. The van der Waals surface area contributed by atoms with Crippen molar-refractivity contribution in [1.82, 2.24) is 0 Å². The van der Waals surface area contributed by atoms with Crippen molar-refractivity contribution in [3.63, 3.8) is 0 Å². The van der Waals surface area contributed by atoms with Gasteiger partial charge in [-0.3, -0.25) is 4.79 Å². The second kappa shape index (κ2) is 6.80. The summed E-state index contributed by atoms with van der Waals surface area (Å²) in [6, 6.07) is 17.1. The first-order chi connectivity index (χ1) is 13.2. The van der Waals surface area contributed by atoms with Crippen LogP contribution in [0.5, 0.6) is 11.5 Å². The monoisotopic (exact) mass is 360 g/mol. The molecule has 136 valence electrons. The van der Waals surface area contributed by atoms with Gasteiger partial charge in [0.05, 0.1) is 18.1 Å². The molecule has 0 aliphatic heterocycles. The molecule has 4 heteroatoms. The normalized spacial score (nSPS) is 11.2. The molecule has 0 aliphatic carbocycles. The van der Waals surface area contributed by atoms with E-state index in [-0.39, 0.29) is 11.5 Å². The smallest absolute Gasteiger partial charge is 0.178 e.